The monoisotopic (exact) mass is 686 g/mol. The third kappa shape index (κ3) is 10.1. The maximum absolute atomic E-state index is 13.8. The van der Waals surface area contributed by atoms with Crippen LogP contribution in [0.3, 0.4) is 0 Å². The summed E-state index contributed by atoms with van der Waals surface area (Å²) in [6.07, 6.45) is 2.17. The van der Waals surface area contributed by atoms with Gasteiger partial charge in [0.05, 0.1) is 50.3 Å². The van der Waals surface area contributed by atoms with Crippen LogP contribution in [-0.4, -0.2) is 94.9 Å². The van der Waals surface area contributed by atoms with Crippen molar-refractivity contribution in [3.05, 3.63) is 79.4 Å². The molecule has 2 aromatic rings. The number of benzene rings is 2. The summed E-state index contributed by atoms with van der Waals surface area (Å²) in [5, 5.41) is 15.1. The highest BCUT2D eigenvalue weighted by Gasteiger charge is 2.49. The molecule has 48 heavy (non-hydrogen) atoms. The molecular formula is C36H50N2O9S. The van der Waals surface area contributed by atoms with Gasteiger partial charge in [-0.05, 0) is 60.7 Å². The molecule has 0 aliphatic carbocycles. The maximum atomic E-state index is 13.8. The molecule has 11 nitrogen and oxygen atoms in total. The van der Waals surface area contributed by atoms with Crippen LogP contribution in [0, 0.1) is 17.8 Å². The average molecular weight is 687 g/mol. The molecule has 2 saturated heterocycles. The van der Waals surface area contributed by atoms with E-state index in [4.69, 9.17) is 23.7 Å². The van der Waals surface area contributed by atoms with Crippen molar-refractivity contribution in [2.75, 3.05) is 46.6 Å². The van der Waals surface area contributed by atoms with E-state index >= 15 is 0 Å². The van der Waals surface area contributed by atoms with Crippen molar-refractivity contribution >= 4 is 16.0 Å². The highest BCUT2D eigenvalue weighted by atomic mass is 32.2. The second kappa shape index (κ2) is 17.9. The van der Waals surface area contributed by atoms with Gasteiger partial charge < -0.3 is 34.1 Å². The number of ether oxygens (including phenoxy) is 5. The lowest BCUT2D eigenvalue weighted by Gasteiger charge is -2.30. The van der Waals surface area contributed by atoms with Crippen LogP contribution < -0.4 is 14.8 Å². The van der Waals surface area contributed by atoms with Gasteiger partial charge in [-0.1, -0.05) is 38.1 Å². The summed E-state index contributed by atoms with van der Waals surface area (Å²) >= 11 is 0. The summed E-state index contributed by atoms with van der Waals surface area (Å²) < 4.78 is 57.5. The minimum Gasteiger partial charge on any atom is -0.497 e. The van der Waals surface area contributed by atoms with Crippen molar-refractivity contribution < 1.29 is 42.0 Å². The summed E-state index contributed by atoms with van der Waals surface area (Å²) in [5.74, 6) is -0.196. The Morgan fingerprint density at radius 3 is 2.52 bits per heavy atom. The van der Waals surface area contributed by atoms with Gasteiger partial charge in [-0.15, -0.1) is 13.2 Å². The van der Waals surface area contributed by atoms with Crippen LogP contribution in [0.4, 0.5) is 0 Å². The van der Waals surface area contributed by atoms with E-state index in [1.165, 1.54) is 23.5 Å². The molecule has 0 spiro atoms. The molecule has 2 fully saturated rings. The zero-order valence-electron chi connectivity index (χ0n) is 28.2. The predicted molar refractivity (Wildman–Crippen MR) is 182 cm³/mol. The Labute approximate surface area is 284 Å². The van der Waals surface area contributed by atoms with Crippen LogP contribution in [-0.2, 0) is 35.4 Å². The molecule has 6 atom stereocenters. The van der Waals surface area contributed by atoms with Crippen molar-refractivity contribution in [2.45, 2.75) is 62.5 Å². The van der Waals surface area contributed by atoms with E-state index in [-0.39, 0.29) is 55.3 Å². The van der Waals surface area contributed by atoms with E-state index in [0.29, 0.717) is 37.7 Å². The minimum absolute atomic E-state index is 0.0235. The third-order valence-electron chi connectivity index (χ3n) is 8.50. The molecule has 2 aliphatic rings. The molecule has 2 aromatic carbocycles. The van der Waals surface area contributed by atoms with Gasteiger partial charge in [-0.2, -0.15) is 4.31 Å². The summed E-state index contributed by atoms with van der Waals surface area (Å²) in [6, 6.07) is 13.5. The van der Waals surface area contributed by atoms with Crippen LogP contribution in [0.25, 0.3) is 0 Å². The molecular weight excluding hydrogens is 636 g/mol. The van der Waals surface area contributed by atoms with E-state index < -0.39 is 40.4 Å². The Balaban J connectivity index is 1.55. The number of nitrogens with one attached hydrogen (secondary N) is 1. The summed E-state index contributed by atoms with van der Waals surface area (Å²) in [6.45, 7) is 13.0. The Morgan fingerprint density at radius 1 is 1.08 bits per heavy atom. The maximum Gasteiger partial charge on any atom is 0.306 e. The summed E-state index contributed by atoms with van der Waals surface area (Å²) in [4.78, 5) is 13.6. The molecule has 4 rings (SSSR count). The molecule has 0 aromatic heterocycles. The predicted octanol–water partition coefficient (Wildman–Crippen LogP) is 3.97. The van der Waals surface area contributed by atoms with Crippen LogP contribution in [0.5, 0.6) is 11.5 Å². The number of hydrogen-bond acceptors (Lipinski definition) is 10. The fourth-order valence-electron chi connectivity index (χ4n) is 6.08. The normalized spacial score (nSPS) is 21.9. The largest absolute Gasteiger partial charge is 0.497 e. The van der Waals surface area contributed by atoms with Crippen LogP contribution in [0.2, 0.25) is 0 Å². The van der Waals surface area contributed by atoms with Crippen molar-refractivity contribution in [2.24, 2.45) is 17.8 Å². The van der Waals surface area contributed by atoms with E-state index in [2.05, 4.69) is 18.5 Å². The number of esters is 1. The number of carbonyl (C=O) groups is 1. The number of hydrogen-bond donors (Lipinski definition) is 2. The third-order valence-corrected chi connectivity index (χ3v) is 10.3. The molecule has 2 heterocycles. The second-order valence-corrected chi connectivity index (χ2v) is 14.6. The van der Waals surface area contributed by atoms with Crippen molar-refractivity contribution in [1.29, 1.82) is 0 Å². The van der Waals surface area contributed by atoms with Crippen LogP contribution >= 0.6 is 0 Å². The van der Waals surface area contributed by atoms with Gasteiger partial charge in [0.15, 0.2) is 6.29 Å². The summed E-state index contributed by atoms with van der Waals surface area (Å²) in [5.41, 5.74) is 0.832. The van der Waals surface area contributed by atoms with E-state index in [9.17, 15) is 18.3 Å². The molecule has 264 valence electrons. The number of aliphatic hydroxyl groups is 1. The van der Waals surface area contributed by atoms with Crippen molar-refractivity contribution in [3.63, 3.8) is 0 Å². The first-order valence-electron chi connectivity index (χ1n) is 16.5. The number of methoxy groups -OCH3 is 1. The number of fused-ring (bicyclic) bond motifs is 1. The van der Waals surface area contributed by atoms with E-state index in [0.717, 1.165) is 5.56 Å². The Morgan fingerprint density at radius 2 is 1.83 bits per heavy atom. The number of nitrogens with zero attached hydrogens (tertiary/aromatic N) is 1. The highest BCUT2D eigenvalue weighted by Crippen LogP contribution is 2.34. The fourth-order valence-corrected chi connectivity index (χ4v) is 7.70. The quantitative estimate of drug-likeness (QED) is 0.120. The average Bonchev–Trinajstić information content (AvgIpc) is 3.66. The first kappa shape index (κ1) is 37.6. The highest BCUT2D eigenvalue weighted by molar-refractivity contribution is 7.89. The van der Waals surface area contributed by atoms with Crippen molar-refractivity contribution in [1.82, 2.24) is 9.62 Å². The lowest BCUT2D eigenvalue weighted by atomic mass is 9.90. The van der Waals surface area contributed by atoms with Gasteiger partial charge in [-0.3, -0.25) is 4.79 Å². The van der Waals surface area contributed by atoms with Gasteiger partial charge >= 0.3 is 5.97 Å². The first-order chi connectivity index (χ1) is 23.0. The topological polar surface area (TPSA) is 133 Å². The molecule has 12 heteroatoms. The Bertz CT molecular complexity index is 1450. The molecule has 0 unspecified atom stereocenters. The molecule has 0 amide bonds. The van der Waals surface area contributed by atoms with Gasteiger partial charge in [0, 0.05) is 31.6 Å². The lowest BCUT2D eigenvalue weighted by Crippen LogP contribution is -2.44. The van der Waals surface area contributed by atoms with Gasteiger partial charge in [0.25, 0.3) is 0 Å². The SMILES string of the molecule is C=CCCOc1cccc(C[C@H](CC(=O)O[C@H]2CO[C@H]3OC[C@H](NCC=C)[C@H]32)[C@H](O)CN(CC(C)C)S(=O)(=O)c2ccc(OC)cc2)c1. The van der Waals surface area contributed by atoms with E-state index in [1.54, 1.807) is 24.3 Å². The molecule has 2 N–H and O–H groups in total. The zero-order valence-corrected chi connectivity index (χ0v) is 29.0. The van der Waals surface area contributed by atoms with E-state index in [1.807, 2.05) is 38.1 Å². The number of sulfonamides is 1. The molecule has 0 bridgehead atoms. The summed E-state index contributed by atoms with van der Waals surface area (Å²) in [7, 11) is -2.47. The van der Waals surface area contributed by atoms with Crippen molar-refractivity contribution in [3.8, 4) is 11.5 Å². The number of carbonyl (C=O) groups excluding carboxylic acids is 1. The van der Waals surface area contributed by atoms with Crippen LogP contribution in [0.1, 0.15) is 32.3 Å². The molecule has 0 radical (unpaired) electrons. The van der Waals surface area contributed by atoms with Gasteiger partial charge in [0.2, 0.25) is 10.0 Å². The van der Waals surface area contributed by atoms with Gasteiger partial charge in [0.1, 0.15) is 17.6 Å². The first-order valence-corrected chi connectivity index (χ1v) is 17.9. The fraction of sp³-hybridized carbons (Fsp3) is 0.528. The molecule has 2 aliphatic heterocycles. The standard InChI is InChI=1S/C36H50N2O9S/c1-6-8-17-44-29-11-9-10-26(19-29)18-27(20-34(40)47-33-24-46-36-35(33)31(23-45-36)37-16-7-2)32(39)22-38(21-25(3)4)48(41,42)30-14-12-28(43-5)13-15-30/h6-7,9-15,19,25,27,31-33,35-37,39H,1-2,8,16-18,20-24H2,3-5H3/t27-,31+,32-,33+,35+,36-/m1/s1. The zero-order chi connectivity index (χ0) is 34.7. The smallest absolute Gasteiger partial charge is 0.306 e. The number of rotatable bonds is 20. The van der Waals surface area contributed by atoms with Crippen LogP contribution in [0.15, 0.2) is 78.7 Å². The minimum atomic E-state index is -3.98. The lowest BCUT2D eigenvalue weighted by molar-refractivity contribution is -0.153. The number of aliphatic hydroxyl groups excluding tert-OH is 1. The molecule has 0 saturated carbocycles. The Hall–Kier alpha value is -3.26. The van der Waals surface area contributed by atoms with Gasteiger partial charge in [-0.25, -0.2) is 8.42 Å². The Kier molecular flexibility index (Phi) is 14.0. The second-order valence-electron chi connectivity index (χ2n) is 12.6.